The van der Waals surface area contributed by atoms with Gasteiger partial charge in [0.1, 0.15) is 23.2 Å². The second-order valence-electron chi connectivity index (χ2n) is 9.89. The van der Waals surface area contributed by atoms with Crippen LogP contribution >= 0.6 is 11.9 Å². The van der Waals surface area contributed by atoms with Crippen molar-refractivity contribution in [1.29, 1.82) is 0 Å². The Morgan fingerprint density at radius 3 is 2.29 bits per heavy atom. The van der Waals surface area contributed by atoms with Crippen molar-refractivity contribution in [3.05, 3.63) is 71.0 Å². The van der Waals surface area contributed by atoms with Crippen molar-refractivity contribution < 1.29 is 45.1 Å². The fraction of sp³-hybridized carbons (Fsp3) is 0.448. The molecule has 1 aliphatic heterocycles. The summed E-state index contributed by atoms with van der Waals surface area (Å²) in [4.78, 5) is 24.4. The summed E-state index contributed by atoms with van der Waals surface area (Å²) in [5, 5.41) is 1.89. The summed E-state index contributed by atoms with van der Waals surface area (Å²) in [6.45, 7) is 0.307. The number of nitrogens with one attached hydrogen (secondary N) is 2. The van der Waals surface area contributed by atoms with Gasteiger partial charge in [-0.3, -0.25) is 14.3 Å². The van der Waals surface area contributed by atoms with E-state index in [1.807, 2.05) is 17.4 Å². The summed E-state index contributed by atoms with van der Waals surface area (Å²) < 4.78 is 95.1. The monoisotopic (exact) mass is 620 g/mol. The van der Waals surface area contributed by atoms with E-state index in [1.54, 1.807) is 24.5 Å². The number of amides is 2. The van der Waals surface area contributed by atoms with Gasteiger partial charge in [0.05, 0.1) is 6.61 Å². The van der Waals surface area contributed by atoms with Crippen molar-refractivity contribution in [1.82, 2.24) is 10.0 Å². The van der Waals surface area contributed by atoms with Crippen molar-refractivity contribution in [2.24, 2.45) is 0 Å². The highest BCUT2D eigenvalue weighted by Gasteiger charge is 2.45. The Hall–Kier alpha value is -3.22. The minimum atomic E-state index is -4.57. The molecule has 2 aliphatic rings. The fourth-order valence-corrected chi connectivity index (χ4v) is 4.58. The molecule has 4 rings (SSSR count). The first kappa shape index (κ1) is 33.3. The van der Waals surface area contributed by atoms with Gasteiger partial charge in [0.25, 0.3) is 11.8 Å². The molecule has 1 heterocycles. The molecule has 42 heavy (non-hydrogen) atoms. The lowest BCUT2D eigenvalue weighted by atomic mass is 9.88. The summed E-state index contributed by atoms with van der Waals surface area (Å²) in [7, 11) is 0. The molecule has 5 nitrogen and oxygen atoms in total. The molecule has 1 unspecified atom stereocenters. The molecule has 0 saturated heterocycles. The van der Waals surface area contributed by atoms with E-state index in [9.17, 15) is 40.3 Å². The Bertz CT molecular complexity index is 1240. The molecular formula is C29H31F7N2O3S. The Morgan fingerprint density at radius 2 is 1.71 bits per heavy atom. The minimum Gasteiger partial charge on any atom is -0.493 e. The summed E-state index contributed by atoms with van der Waals surface area (Å²) in [5.41, 5.74) is 1.47. The summed E-state index contributed by atoms with van der Waals surface area (Å²) in [5.74, 6) is -1.16. The molecule has 13 heteroatoms. The van der Waals surface area contributed by atoms with Gasteiger partial charge in [0.2, 0.25) is 0 Å². The zero-order valence-corrected chi connectivity index (χ0v) is 23.5. The van der Waals surface area contributed by atoms with Gasteiger partial charge in [-0.2, -0.15) is 26.3 Å². The first-order valence-corrected chi connectivity index (χ1v) is 14.5. The smallest absolute Gasteiger partial charge is 0.408 e. The third-order valence-electron chi connectivity index (χ3n) is 6.54. The van der Waals surface area contributed by atoms with Crippen LogP contribution < -0.4 is 14.8 Å². The van der Waals surface area contributed by atoms with Crippen LogP contribution in [0.3, 0.4) is 0 Å². The summed E-state index contributed by atoms with van der Waals surface area (Å²) in [6.07, 6.45) is -4.95. The molecule has 0 aromatic heterocycles. The number of rotatable bonds is 10. The molecule has 1 saturated carbocycles. The van der Waals surface area contributed by atoms with Crippen LogP contribution in [0.4, 0.5) is 30.7 Å². The number of carbonyl (C=O) groups is 2. The predicted molar refractivity (Wildman–Crippen MR) is 146 cm³/mol. The Labute approximate surface area is 243 Å². The van der Waals surface area contributed by atoms with E-state index in [0.717, 1.165) is 30.4 Å². The Kier molecular flexibility index (Phi) is 11.7. The van der Waals surface area contributed by atoms with Gasteiger partial charge in [-0.05, 0) is 66.9 Å². The average molecular weight is 621 g/mol. The number of alkyl halides is 6. The maximum Gasteiger partial charge on any atom is 0.408 e. The standard InChI is InChI=1S/C17H17F3N2O2S.C12H14F4O/c1-25-22-16(24)14-12(8-13(17(18,19)20)21-15(14)23)11-6-4-10(5-7-11)9-2-3-9;13-10-5-4-6-11(9-10)17-8-3-1-2-7-12(14,15)16/h4-7,9,13H,2-3,8H2,1H3,(H,21,23)(H,22,24);4-6,9H,1-3,7-8H2. The molecule has 0 radical (unpaired) electrons. The number of carbonyl (C=O) groups excluding carboxylic acids is 2. The minimum absolute atomic E-state index is 0.107. The molecule has 2 aromatic rings. The third kappa shape index (κ3) is 10.6. The average Bonchev–Trinajstić information content (AvgIpc) is 3.75. The molecule has 1 atom stereocenters. The van der Waals surface area contributed by atoms with Crippen LogP contribution in [0.1, 0.15) is 62.0 Å². The van der Waals surface area contributed by atoms with Crippen LogP contribution in [0.2, 0.25) is 0 Å². The molecule has 2 amide bonds. The van der Waals surface area contributed by atoms with Gasteiger partial charge in [0, 0.05) is 25.2 Å². The van der Waals surface area contributed by atoms with Crippen molar-refractivity contribution in [2.45, 2.75) is 69.3 Å². The number of unbranched alkanes of at least 4 members (excludes halogenated alkanes) is 2. The normalized spacial score (nSPS) is 17.2. The van der Waals surface area contributed by atoms with Crippen LogP contribution in [-0.2, 0) is 9.59 Å². The number of benzene rings is 2. The molecule has 1 fully saturated rings. The number of halogens is 7. The highest BCUT2D eigenvalue weighted by molar-refractivity contribution is 7.97. The van der Waals surface area contributed by atoms with Gasteiger partial charge < -0.3 is 10.1 Å². The third-order valence-corrected chi connectivity index (χ3v) is 6.93. The van der Waals surface area contributed by atoms with Crippen molar-refractivity contribution >= 4 is 29.3 Å². The second-order valence-corrected chi connectivity index (χ2v) is 10.5. The van der Waals surface area contributed by atoms with Crippen LogP contribution in [0.25, 0.3) is 5.57 Å². The maximum absolute atomic E-state index is 13.1. The highest BCUT2D eigenvalue weighted by atomic mass is 32.2. The lowest BCUT2D eigenvalue weighted by molar-refractivity contribution is -0.160. The van der Waals surface area contributed by atoms with E-state index >= 15 is 0 Å². The maximum atomic E-state index is 13.1. The van der Waals surface area contributed by atoms with Crippen LogP contribution in [0.15, 0.2) is 54.1 Å². The zero-order chi connectivity index (χ0) is 30.9. The van der Waals surface area contributed by atoms with Gasteiger partial charge in [-0.25, -0.2) is 4.39 Å². The van der Waals surface area contributed by atoms with Crippen LogP contribution in [0, 0.1) is 5.82 Å². The lowest BCUT2D eigenvalue weighted by Crippen LogP contribution is -2.50. The molecule has 2 aromatic carbocycles. The zero-order valence-electron chi connectivity index (χ0n) is 22.7. The van der Waals surface area contributed by atoms with E-state index in [2.05, 4.69) is 4.72 Å². The van der Waals surface area contributed by atoms with Gasteiger partial charge in [0.15, 0.2) is 0 Å². The Balaban J connectivity index is 0.000000250. The molecule has 2 N–H and O–H groups in total. The number of hydrogen-bond acceptors (Lipinski definition) is 4. The van der Waals surface area contributed by atoms with E-state index in [0.29, 0.717) is 36.7 Å². The number of ether oxygens (including phenoxy) is 1. The van der Waals surface area contributed by atoms with E-state index in [1.165, 1.54) is 18.2 Å². The van der Waals surface area contributed by atoms with Crippen molar-refractivity contribution in [2.75, 3.05) is 12.9 Å². The van der Waals surface area contributed by atoms with Gasteiger partial charge in [-0.15, -0.1) is 0 Å². The topological polar surface area (TPSA) is 67.4 Å². The fourth-order valence-electron chi connectivity index (χ4n) is 4.29. The highest BCUT2D eigenvalue weighted by Crippen LogP contribution is 2.41. The molecule has 1 aliphatic carbocycles. The van der Waals surface area contributed by atoms with Gasteiger partial charge >= 0.3 is 12.4 Å². The first-order chi connectivity index (χ1) is 19.8. The van der Waals surface area contributed by atoms with Gasteiger partial charge in [-0.1, -0.05) is 42.3 Å². The largest absolute Gasteiger partial charge is 0.493 e. The molecule has 0 spiro atoms. The lowest BCUT2D eigenvalue weighted by Gasteiger charge is -2.29. The summed E-state index contributed by atoms with van der Waals surface area (Å²) >= 11 is 0.988. The summed E-state index contributed by atoms with van der Waals surface area (Å²) in [6, 6.07) is 10.8. The molecule has 0 bridgehead atoms. The van der Waals surface area contributed by atoms with Crippen LogP contribution in [-0.4, -0.2) is 43.1 Å². The second kappa shape index (κ2) is 14.8. The Morgan fingerprint density at radius 1 is 1.02 bits per heavy atom. The van der Waals surface area contributed by atoms with E-state index in [-0.39, 0.29) is 23.4 Å². The first-order valence-electron chi connectivity index (χ1n) is 13.3. The molecule has 230 valence electrons. The van der Waals surface area contributed by atoms with E-state index < -0.39 is 43.1 Å². The number of hydrogen-bond donors (Lipinski definition) is 2. The molecular weight excluding hydrogens is 589 g/mol. The van der Waals surface area contributed by atoms with Crippen molar-refractivity contribution in [3.63, 3.8) is 0 Å². The van der Waals surface area contributed by atoms with E-state index in [4.69, 9.17) is 4.74 Å². The van der Waals surface area contributed by atoms with Crippen LogP contribution in [0.5, 0.6) is 5.75 Å². The quantitative estimate of drug-likeness (QED) is 0.125. The van der Waals surface area contributed by atoms with Crippen molar-refractivity contribution in [3.8, 4) is 5.75 Å². The predicted octanol–water partition coefficient (Wildman–Crippen LogP) is 7.49. The SMILES string of the molecule is CSNC(=O)C1=C(c2ccc(C3CC3)cc2)CC(C(F)(F)F)NC1=O.Fc1cccc(OCCCCCC(F)(F)F)c1.